The fourth-order valence-electron chi connectivity index (χ4n) is 4.88. The van der Waals surface area contributed by atoms with Gasteiger partial charge in [-0.25, -0.2) is 0 Å². The van der Waals surface area contributed by atoms with Crippen molar-refractivity contribution in [2.24, 2.45) is 5.92 Å². The molecule has 23 heavy (non-hydrogen) atoms. The predicted molar refractivity (Wildman–Crippen MR) is 79.4 cm³/mol. The average Bonchev–Trinajstić information content (AvgIpc) is 3.20. The first kappa shape index (κ1) is 13.4. The predicted octanol–water partition coefficient (Wildman–Crippen LogP) is 2.15. The van der Waals surface area contributed by atoms with E-state index in [0.29, 0.717) is 26.1 Å². The van der Waals surface area contributed by atoms with Gasteiger partial charge >= 0.3 is 0 Å². The molecule has 2 aliphatic heterocycles. The normalized spacial score (nSPS) is 35.9. The lowest BCUT2D eigenvalue weighted by atomic mass is 9.55. The minimum Gasteiger partial charge on any atom is -0.508 e. The lowest BCUT2D eigenvalue weighted by Crippen LogP contribution is -2.54. The highest BCUT2D eigenvalue weighted by Gasteiger charge is 2.63. The third-order valence-electron chi connectivity index (χ3n) is 5.84. The van der Waals surface area contributed by atoms with E-state index in [2.05, 4.69) is 6.07 Å². The van der Waals surface area contributed by atoms with Gasteiger partial charge in [0.15, 0.2) is 5.79 Å². The second-order valence-electron chi connectivity index (χ2n) is 6.80. The van der Waals surface area contributed by atoms with E-state index in [1.807, 2.05) is 6.07 Å². The van der Waals surface area contributed by atoms with Crippen LogP contribution in [0.5, 0.6) is 5.75 Å². The van der Waals surface area contributed by atoms with Crippen LogP contribution >= 0.6 is 0 Å². The van der Waals surface area contributed by atoms with Crippen molar-refractivity contribution >= 4 is 0 Å². The molecule has 0 radical (unpaired) electrons. The van der Waals surface area contributed by atoms with E-state index in [1.54, 1.807) is 18.4 Å². The van der Waals surface area contributed by atoms with Gasteiger partial charge in [-0.1, -0.05) is 6.07 Å². The molecule has 1 aromatic rings. The highest BCUT2D eigenvalue weighted by atomic mass is 16.7. The first-order valence-corrected chi connectivity index (χ1v) is 8.06. The van der Waals surface area contributed by atoms with Crippen LogP contribution in [-0.2, 0) is 26.0 Å². The van der Waals surface area contributed by atoms with Crippen LogP contribution in [0, 0.1) is 17.2 Å². The molecule has 3 atom stereocenters. The maximum absolute atomic E-state index is 10.1. The number of phenolic OH excluding ortho intramolecular Hbond substituents is 1. The Balaban J connectivity index is 1.70. The summed E-state index contributed by atoms with van der Waals surface area (Å²) >= 11 is 0. The van der Waals surface area contributed by atoms with Crippen LogP contribution in [0.25, 0.3) is 0 Å². The van der Waals surface area contributed by atoms with Crippen molar-refractivity contribution in [2.45, 2.75) is 36.6 Å². The summed E-state index contributed by atoms with van der Waals surface area (Å²) in [5, 5.41) is 20.0. The number of hydrogen-bond acceptors (Lipinski definition) is 5. The number of rotatable bonds is 0. The number of aromatic hydroxyl groups is 1. The van der Waals surface area contributed by atoms with Gasteiger partial charge in [-0.3, -0.25) is 0 Å². The molecule has 0 aromatic heterocycles. The van der Waals surface area contributed by atoms with Crippen molar-refractivity contribution < 1.29 is 19.3 Å². The van der Waals surface area contributed by atoms with E-state index in [0.717, 1.165) is 23.1 Å². The van der Waals surface area contributed by atoms with E-state index < -0.39 is 11.2 Å². The van der Waals surface area contributed by atoms with E-state index in [9.17, 15) is 10.4 Å². The zero-order chi connectivity index (χ0) is 15.7. The van der Waals surface area contributed by atoms with Gasteiger partial charge in [0.1, 0.15) is 11.9 Å². The van der Waals surface area contributed by atoms with Gasteiger partial charge in [0.25, 0.3) is 0 Å². The van der Waals surface area contributed by atoms with Crippen LogP contribution in [0.15, 0.2) is 30.0 Å². The molecule has 0 unspecified atom stereocenters. The van der Waals surface area contributed by atoms with Gasteiger partial charge in [0, 0.05) is 24.3 Å². The molecular formula is C18H17NO4. The summed E-state index contributed by atoms with van der Waals surface area (Å²) in [6.07, 6.45) is 3.71. The molecule has 1 spiro atoms. The minimum atomic E-state index is -0.714. The van der Waals surface area contributed by atoms with Crippen molar-refractivity contribution in [3.63, 3.8) is 0 Å². The Labute approximate surface area is 134 Å². The molecule has 2 heterocycles. The van der Waals surface area contributed by atoms with Gasteiger partial charge in [0.2, 0.25) is 0 Å². The lowest BCUT2D eigenvalue weighted by molar-refractivity contribution is -0.154. The Bertz CT molecular complexity index is 759. The molecule has 118 valence electrons. The minimum absolute atomic E-state index is 0.0633. The molecule has 2 aliphatic carbocycles. The van der Waals surface area contributed by atoms with Gasteiger partial charge in [-0.05, 0) is 29.7 Å². The van der Waals surface area contributed by atoms with Crippen LogP contribution in [-0.4, -0.2) is 30.2 Å². The zero-order valence-corrected chi connectivity index (χ0v) is 12.6. The molecule has 0 bridgehead atoms. The van der Waals surface area contributed by atoms with E-state index >= 15 is 0 Å². The highest BCUT2D eigenvalue weighted by Crippen LogP contribution is 2.59. The molecule has 5 heteroatoms. The Morgan fingerprint density at radius 3 is 2.83 bits per heavy atom. The van der Waals surface area contributed by atoms with E-state index in [4.69, 9.17) is 14.2 Å². The first-order valence-electron chi connectivity index (χ1n) is 8.06. The number of ether oxygens (including phenoxy) is 3. The largest absolute Gasteiger partial charge is 0.508 e. The summed E-state index contributed by atoms with van der Waals surface area (Å²) in [5.74, 6) is -0.586. The van der Waals surface area contributed by atoms with Gasteiger partial charge < -0.3 is 19.3 Å². The van der Waals surface area contributed by atoms with Crippen molar-refractivity contribution in [3.8, 4) is 11.8 Å². The number of fused-ring (bicyclic) bond motifs is 3. The fourth-order valence-corrected chi connectivity index (χ4v) is 4.88. The summed E-state index contributed by atoms with van der Waals surface area (Å²) < 4.78 is 17.8. The molecular weight excluding hydrogens is 294 g/mol. The van der Waals surface area contributed by atoms with Crippen LogP contribution in [0.2, 0.25) is 0 Å². The second-order valence-corrected chi connectivity index (χ2v) is 6.80. The Morgan fingerprint density at radius 2 is 2.04 bits per heavy atom. The standard InChI is InChI=1S/C18H17NO4/c19-10-17-3-4-18(22-5-6-23-18)14-9-21-15(16(14)17)7-11-1-2-12(20)8-13(11)17/h1-2,8-9,15-16,20H,3-7H2/t15-,16-,17-/m1/s1. The first-order chi connectivity index (χ1) is 11.2. The van der Waals surface area contributed by atoms with Gasteiger partial charge in [0.05, 0.1) is 31.0 Å². The number of nitrogens with zero attached hydrogens (tertiary/aromatic N) is 1. The Hall–Kier alpha value is -2.03. The molecule has 1 aromatic carbocycles. The topological polar surface area (TPSA) is 71.7 Å². The van der Waals surface area contributed by atoms with Crippen LogP contribution in [0.4, 0.5) is 0 Å². The summed E-state index contributed by atoms with van der Waals surface area (Å²) in [6.45, 7) is 1.15. The van der Waals surface area contributed by atoms with Crippen molar-refractivity contribution in [1.82, 2.24) is 0 Å². The second kappa shape index (κ2) is 4.28. The molecule has 2 fully saturated rings. The molecule has 1 N–H and O–H groups in total. The zero-order valence-electron chi connectivity index (χ0n) is 12.6. The highest BCUT2D eigenvalue weighted by molar-refractivity contribution is 5.52. The Kier molecular flexibility index (Phi) is 2.50. The summed E-state index contributed by atoms with van der Waals surface area (Å²) in [4.78, 5) is 0. The lowest BCUT2D eigenvalue weighted by Gasteiger charge is -2.49. The molecule has 5 nitrogen and oxygen atoms in total. The van der Waals surface area contributed by atoms with Crippen molar-refractivity contribution in [2.75, 3.05) is 13.2 Å². The molecule has 5 rings (SSSR count). The number of hydrogen-bond donors (Lipinski definition) is 1. The number of phenols is 1. The average molecular weight is 311 g/mol. The van der Waals surface area contributed by atoms with Crippen molar-refractivity contribution in [3.05, 3.63) is 41.2 Å². The molecule has 1 saturated heterocycles. The summed E-state index contributed by atoms with van der Waals surface area (Å²) in [6, 6.07) is 7.91. The molecule has 0 amide bonds. The number of nitriles is 1. The Morgan fingerprint density at radius 1 is 1.22 bits per heavy atom. The third kappa shape index (κ3) is 1.53. The van der Waals surface area contributed by atoms with E-state index in [-0.39, 0.29) is 17.8 Å². The maximum atomic E-state index is 10.1. The maximum Gasteiger partial charge on any atom is 0.194 e. The van der Waals surface area contributed by atoms with Gasteiger partial charge in [-0.2, -0.15) is 5.26 Å². The van der Waals surface area contributed by atoms with Crippen LogP contribution in [0.1, 0.15) is 24.0 Å². The van der Waals surface area contributed by atoms with E-state index in [1.165, 1.54) is 0 Å². The summed E-state index contributed by atoms with van der Waals surface area (Å²) in [7, 11) is 0. The quantitative estimate of drug-likeness (QED) is 0.795. The van der Waals surface area contributed by atoms with Gasteiger partial charge in [-0.15, -0.1) is 0 Å². The third-order valence-corrected chi connectivity index (χ3v) is 5.84. The fraction of sp³-hybridized carbons (Fsp3) is 0.500. The monoisotopic (exact) mass is 311 g/mol. The number of benzene rings is 1. The SMILES string of the molecule is N#C[C@]12CCC3(OCCO3)C3=CO[C@H](Cc4ccc(O)cc41)[C@@H]32. The molecule has 4 aliphatic rings. The summed E-state index contributed by atoms with van der Waals surface area (Å²) in [5.41, 5.74) is 2.30. The molecule has 1 saturated carbocycles. The van der Waals surface area contributed by atoms with Crippen molar-refractivity contribution in [1.29, 1.82) is 5.26 Å². The smallest absolute Gasteiger partial charge is 0.194 e. The van der Waals surface area contributed by atoms with Crippen LogP contribution in [0.3, 0.4) is 0 Å². The van der Waals surface area contributed by atoms with Crippen LogP contribution < -0.4 is 0 Å².